The highest BCUT2D eigenvalue weighted by Gasteiger charge is 2.02. The van der Waals surface area contributed by atoms with Crippen molar-refractivity contribution in [2.45, 2.75) is 17.6 Å². The fourth-order valence-corrected chi connectivity index (χ4v) is 1.83. The third-order valence-corrected chi connectivity index (χ3v) is 2.78. The monoisotopic (exact) mass is 222 g/mol. The van der Waals surface area contributed by atoms with Crippen LogP contribution in [-0.2, 0) is 5.75 Å². The van der Waals surface area contributed by atoms with Gasteiger partial charge in [0.1, 0.15) is 5.75 Å². The molecule has 2 rings (SSSR count). The molecule has 78 valence electrons. The molecule has 15 heavy (non-hydrogen) atoms. The van der Waals surface area contributed by atoms with Crippen molar-refractivity contribution in [3.8, 4) is 5.75 Å². The molecule has 0 aliphatic rings. The van der Waals surface area contributed by atoms with E-state index in [0.717, 1.165) is 4.90 Å². The zero-order valence-corrected chi connectivity index (χ0v) is 8.99. The Morgan fingerprint density at radius 1 is 1.33 bits per heavy atom. The van der Waals surface area contributed by atoms with Crippen LogP contribution in [0.4, 0.5) is 0 Å². The van der Waals surface area contributed by atoms with Crippen molar-refractivity contribution in [1.82, 2.24) is 10.1 Å². The smallest absolute Gasteiger partial charge is 0.223 e. The third kappa shape index (κ3) is 2.73. The van der Waals surface area contributed by atoms with Crippen molar-refractivity contribution >= 4 is 11.8 Å². The molecule has 0 radical (unpaired) electrons. The lowest BCUT2D eigenvalue weighted by atomic mass is 10.3. The molecule has 0 saturated heterocycles. The Balaban J connectivity index is 1.96. The lowest BCUT2D eigenvalue weighted by molar-refractivity contribution is 0.389. The van der Waals surface area contributed by atoms with Gasteiger partial charge < -0.3 is 9.63 Å². The van der Waals surface area contributed by atoms with E-state index in [1.165, 1.54) is 0 Å². The first-order valence-electron chi connectivity index (χ1n) is 4.45. The average Bonchev–Trinajstić information content (AvgIpc) is 2.64. The van der Waals surface area contributed by atoms with Crippen LogP contribution in [0, 0.1) is 6.92 Å². The molecule has 1 heterocycles. The lowest BCUT2D eigenvalue weighted by Gasteiger charge is -1.97. The number of nitrogens with zero attached hydrogens (tertiary/aromatic N) is 2. The number of rotatable bonds is 3. The van der Waals surface area contributed by atoms with Gasteiger partial charge in [-0.1, -0.05) is 5.16 Å². The maximum atomic E-state index is 9.10. The second-order valence-electron chi connectivity index (χ2n) is 3.01. The minimum absolute atomic E-state index is 0.273. The topological polar surface area (TPSA) is 59.2 Å². The van der Waals surface area contributed by atoms with Crippen LogP contribution in [0.3, 0.4) is 0 Å². The van der Waals surface area contributed by atoms with Crippen molar-refractivity contribution in [3.05, 3.63) is 36.0 Å². The van der Waals surface area contributed by atoms with Crippen LogP contribution in [0.15, 0.2) is 33.7 Å². The number of aromatic nitrogens is 2. The Morgan fingerprint density at radius 3 is 2.67 bits per heavy atom. The van der Waals surface area contributed by atoms with Crippen LogP contribution in [0.25, 0.3) is 0 Å². The van der Waals surface area contributed by atoms with Gasteiger partial charge in [0.25, 0.3) is 0 Å². The molecule has 0 unspecified atom stereocenters. The summed E-state index contributed by atoms with van der Waals surface area (Å²) in [6, 6.07) is 7.02. The fraction of sp³-hybridized carbons (Fsp3) is 0.200. The largest absolute Gasteiger partial charge is 0.508 e. The van der Waals surface area contributed by atoms with Gasteiger partial charge in [-0.2, -0.15) is 4.98 Å². The van der Waals surface area contributed by atoms with Gasteiger partial charge in [-0.05, 0) is 24.3 Å². The number of phenolic OH excluding ortho intramolecular Hbond substituents is 1. The minimum atomic E-state index is 0.273. The summed E-state index contributed by atoms with van der Waals surface area (Å²) < 4.78 is 4.86. The summed E-state index contributed by atoms with van der Waals surface area (Å²) in [6.45, 7) is 1.77. The summed E-state index contributed by atoms with van der Waals surface area (Å²) in [5.74, 6) is 2.21. The number of thioether (sulfide) groups is 1. The van der Waals surface area contributed by atoms with Gasteiger partial charge in [-0.25, -0.2) is 0 Å². The van der Waals surface area contributed by atoms with E-state index >= 15 is 0 Å². The molecule has 4 nitrogen and oxygen atoms in total. The third-order valence-electron chi connectivity index (χ3n) is 1.77. The maximum absolute atomic E-state index is 9.10. The first-order chi connectivity index (χ1) is 7.24. The maximum Gasteiger partial charge on any atom is 0.223 e. The van der Waals surface area contributed by atoms with Gasteiger partial charge >= 0.3 is 0 Å². The summed E-state index contributed by atoms with van der Waals surface area (Å²) in [4.78, 5) is 5.16. The Bertz CT molecular complexity index is 439. The number of aromatic hydroxyl groups is 1. The van der Waals surface area contributed by atoms with E-state index in [2.05, 4.69) is 10.1 Å². The number of aryl methyl sites for hydroxylation is 1. The highest BCUT2D eigenvalue weighted by Crippen LogP contribution is 2.23. The molecule has 1 aromatic heterocycles. The standard InChI is InChI=1S/C10H10N2O2S/c1-7-11-10(12-14-7)6-15-9-4-2-8(13)3-5-9/h2-5,13H,6H2,1H3. The highest BCUT2D eigenvalue weighted by molar-refractivity contribution is 7.98. The molecule has 0 fully saturated rings. The van der Waals surface area contributed by atoms with Crippen molar-refractivity contribution in [2.75, 3.05) is 0 Å². The molecule has 2 aromatic rings. The second kappa shape index (κ2) is 4.35. The molecule has 0 amide bonds. The first kappa shape index (κ1) is 10.0. The first-order valence-corrected chi connectivity index (χ1v) is 5.43. The SMILES string of the molecule is Cc1nc(CSc2ccc(O)cc2)no1. The quantitative estimate of drug-likeness (QED) is 0.808. The molecule has 1 N–H and O–H groups in total. The Morgan fingerprint density at radius 2 is 2.07 bits per heavy atom. The lowest BCUT2D eigenvalue weighted by Crippen LogP contribution is -1.83. The highest BCUT2D eigenvalue weighted by atomic mass is 32.2. The Hall–Kier alpha value is -1.49. The van der Waals surface area contributed by atoms with E-state index in [1.807, 2.05) is 12.1 Å². The predicted octanol–water partition coefficient (Wildman–Crippen LogP) is 2.38. The summed E-state index contributed by atoms with van der Waals surface area (Å²) in [7, 11) is 0. The summed E-state index contributed by atoms with van der Waals surface area (Å²) in [6.07, 6.45) is 0. The Kier molecular flexibility index (Phi) is 2.91. The van der Waals surface area contributed by atoms with Crippen molar-refractivity contribution in [1.29, 1.82) is 0 Å². The number of phenols is 1. The molecule has 5 heteroatoms. The molecular weight excluding hydrogens is 212 g/mol. The van der Waals surface area contributed by atoms with E-state index in [-0.39, 0.29) is 5.75 Å². The van der Waals surface area contributed by atoms with Gasteiger partial charge in [0, 0.05) is 11.8 Å². The minimum Gasteiger partial charge on any atom is -0.508 e. The summed E-state index contributed by atoms with van der Waals surface area (Å²) in [5, 5.41) is 12.9. The van der Waals surface area contributed by atoms with E-state index in [4.69, 9.17) is 9.63 Å². The number of hydrogen-bond acceptors (Lipinski definition) is 5. The molecule has 0 spiro atoms. The van der Waals surface area contributed by atoms with Crippen LogP contribution in [-0.4, -0.2) is 15.2 Å². The van der Waals surface area contributed by atoms with Crippen LogP contribution < -0.4 is 0 Å². The second-order valence-corrected chi connectivity index (χ2v) is 4.06. The summed E-state index contributed by atoms with van der Waals surface area (Å²) in [5.41, 5.74) is 0. The van der Waals surface area contributed by atoms with Crippen LogP contribution in [0.5, 0.6) is 5.75 Å². The van der Waals surface area contributed by atoms with Gasteiger partial charge in [-0.3, -0.25) is 0 Å². The zero-order valence-electron chi connectivity index (χ0n) is 8.17. The van der Waals surface area contributed by atoms with Crippen molar-refractivity contribution in [2.24, 2.45) is 0 Å². The normalized spacial score (nSPS) is 10.5. The van der Waals surface area contributed by atoms with Gasteiger partial charge in [-0.15, -0.1) is 11.8 Å². The molecule has 0 aliphatic heterocycles. The fourth-order valence-electron chi connectivity index (χ4n) is 1.09. The molecule has 0 saturated carbocycles. The predicted molar refractivity (Wildman–Crippen MR) is 56.7 cm³/mol. The molecule has 0 atom stereocenters. The van der Waals surface area contributed by atoms with Crippen LogP contribution in [0.1, 0.15) is 11.7 Å². The van der Waals surface area contributed by atoms with E-state index < -0.39 is 0 Å². The molecule has 0 bridgehead atoms. The molecule has 0 aliphatic carbocycles. The number of benzene rings is 1. The van der Waals surface area contributed by atoms with Gasteiger partial charge in [0.05, 0.1) is 5.75 Å². The average molecular weight is 222 g/mol. The van der Waals surface area contributed by atoms with Gasteiger partial charge in [0.15, 0.2) is 5.82 Å². The number of hydrogen-bond donors (Lipinski definition) is 1. The van der Waals surface area contributed by atoms with Crippen LogP contribution >= 0.6 is 11.8 Å². The zero-order chi connectivity index (χ0) is 10.7. The van der Waals surface area contributed by atoms with Gasteiger partial charge in [0.2, 0.25) is 5.89 Å². The molecular formula is C10H10N2O2S. The van der Waals surface area contributed by atoms with Crippen molar-refractivity contribution in [3.63, 3.8) is 0 Å². The summed E-state index contributed by atoms with van der Waals surface area (Å²) >= 11 is 1.60. The van der Waals surface area contributed by atoms with Crippen molar-refractivity contribution < 1.29 is 9.63 Å². The Labute approximate surface area is 91.3 Å². The molecule has 1 aromatic carbocycles. The van der Waals surface area contributed by atoms with Crippen LogP contribution in [0.2, 0.25) is 0 Å². The van der Waals surface area contributed by atoms with E-state index in [0.29, 0.717) is 17.5 Å². The van der Waals surface area contributed by atoms with E-state index in [9.17, 15) is 0 Å². The van der Waals surface area contributed by atoms with E-state index in [1.54, 1.807) is 30.8 Å².